The molecular weight excluding hydrogens is 238 g/mol. The van der Waals surface area contributed by atoms with Crippen molar-refractivity contribution in [3.63, 3.8) is 0 Å². The number of carbonyl (C=O) groups is 1. The molecule has 19 heavy (non-hydrogen) atoms. The summed E-state index contributed by atoms with van der Waals surface area (Å²) < 4.78 is 0. The molecule has 4 heteroatoms. The van der Waals surface area contributed by atoms with Crippen molar-refractivity contribution < 1.29 is 4.79 Å². The van der Waals surface area contributed by atoms with Crippen LogP contribution in [0.2, 0.25) is 0 Å². The highest BCUT2D eigenvalue weighted by Crippen LogP contribution is 2.17. The van der Waals surface area contributed by atoms with Crippen LogP contribution in [0.3, 0.4) is 0 Å². The Hall–Kier alpha value is -0.610. The molecule has 0 aromatic rings. The van der Waals surface area contributed by atoms with E-state index in [0.717, 1.165) is 25.4 Å². The fourth-order valence-corrected chi connectivity index (χ4v) is 2.59. The maximum atomic E-state index is 11.9. The maximum absolute atomic E-state index is 11.9. The van der Waals surface area contributed by atoms with E-state index < -0.39 is 0 Å². The minimum Gasteiger partial charge on any atom is -0.353 e. The van der Waals surface area contributed by atoms with Gasteiger partial charge < -0.3 is 11.1 Å². The van der Waals surface area contributed by atoms with Crippen LogP contribution in [-0.4, -0.2) is 42.5 Å². The van der Waals surface area contributed by atoms with Crippen molar-refractivity contribution in [2.75, 3.05) is 19.6 Å². The average molecular weight is 269 g/mol. The zero-order valence-corrected chi connectivity index (χ0v) is 13.0. The number of likely N-dealkylation sites (tertiary alicyclic amines) is 1. The summed E-state index contributed by atoms with van der Waals surface area (Å²) in [5.41, 5.74) is 5.88. The third-order valence-electron chi connectivity index (χ3n) is 4.08. The van der Waals surface area contributed by atoms with Crippen molar-refractivity contribution in [1.29, 1.82) is 0 Å². The van der Waals surface area contributed by atoms with Gasteiger partial charge in [-0.1, -0.05) is 20.8 Å². The molecule has 0 aromatic heterocycles. The van der Waals surface area contributed by atoms with Gasteiger partial charge in [-0.15, -0.1) is 0 Å². The van der Waals surface area contributed by atoms with Gasteiger partial charge in [-0.3, -0.25) is 9.69 Å². The zero-order chi connectivity index (χ0) is 14.4. The summed E-state index contributed by atoms with van der Waals surface area (Å²) >= 11 is 0. The van der Waals surface area contributed by atoms with Crippen molar-refractivity contribution in [2.24, 2.45) is 17.6 Å². The van der Waals surface area contributed by atoms with E-state index in [9.17, 15) is 4.79 Å². The fourth-order valence-electron chi connectivity index (χ4n) is 2.59. The van der Waals surface area contributed by atoms with E-state index in [0.29, 0.717) is 18.5 Å². The second kappa shape index (κ2) is 7.85. The number of hydrogen-bond acceptors (Lipinski definition) is 3. The van der Waals surface area contributed by atoms with Crippen LogP contribution in [-0.2, 0) is 4.79 Å². The molecule has 1 fully saturated rings. The highest BCUT2D eigenvalue weighted by Gasteiger charge is 2.21. The normalized spacial score (nSPS) is 21.4. The van der Waals surface area contributed by atoms with E-state index in [2.05, 4.69) is 37.9 Å². The number of piperidine rings is 1. The molecule has 1 rings (SSSR count). The van der Waals surface area contributed by atoms with Crippen LogP contribution >= 0.6 is 0 Å². The minimum absolute atomic E-state index is 0.00840. The quantitative estimate of drug-likeness (QED) is 0.770. The summed E-state index contributed by atoms with van der Waals surface area (Å²) in [5, 5.41) is 2.99. The van der Waals surface area contributed by atoms with Crippen molar-refractivity contribution in [3.05, 3.63) is 0 Å². The van der Waals surface area contributed by atoms with Crippen LogP contribution in [0.4, 0.5) is 0 Å². The minimum atomic E-state index is -0.367. The molecule has 0 radical (unpaired) electrons. The monoisotopic (exact) mass is 269 g/mol. The number of nitrogens with zero attached hydrogens (tertiary/aromatic N) is 1. The predicted molar refractivity (Wildman–Crippen MR) is 79.9 cm³/mol. The van der Waals surface area contributed by atoms with Gasteiger partial charge in [0, 0.05) is 12.6 Å². The number of carbonyl (C=O) groups excluding carboxylic acids is 1. The molecule has 0 aliphatic carbocycles. The van der Waals surface area contributed by atoms with Gasteiger partial charge in [0.2, 0.25) is 5.91 Å². The highest BCUT2D eigenvalue weighted by molar-refractivity contribution is 5.81. The summed E-state index contributed by atoms with van der Waals surface area (Å²) in [6.45, 7) is 11.7. The Kier molecular flexibility index (Phi) is 6.80. The van der Waals surface area contributed by atoms with E-state index in [-0.39, 0.29) is 11.9 Å². The maximum Gasteiger partial charge on any atom is 0.236 e. The number of hydrogen-bond donors (Lipinski definition) is 2. The molecule has 3 N–H and O–H groups in total. The van der Waals surface area contributed by atoms with E-state index in [1.165, 1.54) is 12.8 Å². The van der Waals surface area contributed by atoms with Crippen LogP contribution in [0.15, 0.2) is 0 Å². The molecule has 1 amide bonds. The second-order valence-corrected chi connectivity index (χ2v) is 6.55. The number of nitrogens with one attached hydrogen (secondary N) is 1. The molecule has 1 aliphatic rings. The van der Waals surface area contributed by atoms with Gasteiger partial charge in [-0.05, 0) is 51.1 Å². The van der Waals surface area contributed by atoms with Crippen molar-refractivity contribution in [1.82, 2.24) is 10.2 Å². The molecular formula is C15H31N3O. The molecule has 112 valence electrons. The van der Waals surface area contributed by atoms with Crippen molar-refractivity contribution in [3.8, 4) is 0 Å². The third-order valence-corrected chi connectivity index (χ3v) is 4.08. The van der Waals surface area contributed by atoms with Gasteiger partial charge in [0.15, 0.2) is 0 Å². The molecule has 1 unspecified atom stereocenters. The van der Waals surface area contributed by atoms with E-state index >= 15 is 0 Å². The summed E-state index contributed by atoms with van der Waals surface area (Å²) in [4.78, 5) is 14.3. The number of nitrogens with two attached hydrogens (primary N) is 1. The first-order valence-corrected chi connectivity index (χ1v) is 7.67. The molecule has 0 aromatic carbocycles. The lowest BCUT2D eigenvalue weighted by atomic mass is 9.98. The van der Waals surface area contributed by atoms with Crippen molar-refractivity contribution in [2.45, 2.75) is 59.0 Å². The number of rotatable bonds is 6. The third kappa shape index (κ3) is 5.91. The van der Waals surface area contributed by atoms with Crippen LogP contribution in [0.1, 0.15) is 47.0 Å². The van der Waals surface area contributed by atoms with Gasteiger partial charge in [-0.25, -0.2) is 0 Å². The number of amides is 1. The Morgan fingerprint density at radius 2 is 1.89 bits per heavy atom. The molecule has 1 heterocycles. The van der Waals surface area contributed by atoms with Crippen LogP contribution in [0.5, 0.6) is 0 Å². The Balaban J connectivity index is 2.25. The zero-order valence-electron chi connectivity index (χ0n) is 13.0. The first kappa shape index (κ1) is 16.4. The summed E-state index contributed by atoms with van der Waals surface area (Å²) in [7, 11) is 0. The Morgan fingerprint density at radius 3 is 2.42 bits per heavy atom. The van der Waals surface area contributed by atoms with Crippen LogP contribution in [0.25, 0.3) is 0 Å². The van der Waals surface area contributed by atoms with E-state index in [4.69, 9.17) is 5.73 Å². The largest absolute Gasteiger partial charge is 0.353 e. The summed E-state index contributed by atoms with van der Waals surface area (Å²) in [6.07, 6.45) is 3.29. The molecule has 0 spiro atoms. The van der Waals surface area contributed by atoms with Crippen molar-refractivity contribution >= 4 is 5.91 Å². The smallest absolute Gasteiger partial charge is 0.236 e. The SMILES string of the molecule is CC(C)C[C@H](N)C(=O)NCC(C)N1CCC(C)CC1. The summed E-state index contributed by atoms with van der Waals surface area (Å²) in [6, 6.07) is 0.0382. The first-order valence-electron chi connectivity index (χ1n) is 7.67. The molecule has 1 saturated heterocycles. The first-order chi connectivity index (χ1) is 8.90. The van der Waals surface area contributed by atoms with Crippen LogP contribution < -0.4 is 11.1 Å². The van der Waals surface area contributed by atoms with Gasteiger partial charge in [-0.2, -0.15) is 0 Å². The van der Waals surface area contributed by atoms with Crippen LogP contribution in [0, 0.1) is 11.8 Å². The van der Waals surface area contributed by atoms with Gasteiger partial charge in [0.25, 0.3) is 0 Å². The Morgan fingerprint density at radius 1 is 1.32 bits per heavy atom. The fraction of sp³-hybridized carbons (Fsp3) is 0.933. The highest BCUT2D eigenvalue weighted by atomic mass is 16.2. The van der Waals surface area contributed by atoms with E-state index in [1.807, 2.05) is 0 Å². The second-order valence-electron chi connectivity index (χ2n) is 6.55. The van der Waals surface area contributed by atoms with E-state index in [1.54, 1.807) is 0 Å². The Bertz CT molecular complexity index is 273. The molecule has 2 atom stereocenters. The standard InChI is InChI=1S/C15H31N3O/c1-11(2)9-14(16)15(19)17-10-13(4)18-7-5-12(3)6-8-18/h11-14H,5-10,16H2,1-4H3,(H,17,19)/t13?,14-/m0/s1. The summed E-state index contributed by atoms with van der Waals surface area (Å²) in [5.74, 6) is 1.30. The lowest BCUT2D eigenvalue weighted by Crippen LogP contribution is -2.49. The molecule has 1 aliphatic heterocycles. The topological polar surface area (TPSA) is 58.4 Å². The predicted octanol–water partition coefficient (Wildman–Crippen LogP) is 1.60. The lowest BCUT2D eigenvalue weighted by molar-refractivity contribution is -0.122. The van der Waals surface area contributed by atoms with Gasteiger partial charge in [0.1, 0.15) is 0 Å². The molecule has 4 nitrogen and oxygen atoms in total. The Labute approximate surface area is 118 Å². The van der Waals surface area contributed by atoms with Gasteiger partial charge >= 0.3 is 0 Å². The lowest BCUT2D eigenvalue weighted by Gasteiger charge is -2.35. The van der Waals surface area contributed by atoms with Gasteiger partial charge in [0.05, 0.1) is 6.04 Å². The molecule has 0 saturated carbocycles. The molecule has 0 bridgehead atoms. The average Bonchev–Trinajstić information content (AvgIpc) is 2.35.